The molecule has 48 heavy (non-hydrogen) atoms. The average molecular weight is 757 g/mol. The molecule has 2 aromatic carbocycles. The fourth-order valence-corrected chi connectivity index (χ4v) is 9.53. The maximum Gasteiger partial charge on any atom is -0.0499 e. The van der Waals surface area contributed by atoms with Crippen LogP contribution in [0.3, 0.4) is 0 Å². The monoisotopic (exact) mass is 756 g/mol. The molecule has 1 atom stereocenters. The summed E-state index contributed by atoms with van der Waals surface area (Å²) in [6.45, 7) is 3.74. The minimum atomic E-state index is -0.968. The molecule has 0 spiro atoms. The number of hydrogen-bond acceptors (Lipinski definition) is 9. The molecule has 2 fully saturated rings. The van der Waals surface area contributed by atoms with Gasteiger partial charge in [-0.05, 0) is 13.0 Å². The van der Waals surface area contributed by atoms with Crippen molar-refractivity contribution in [2.45, 2.75) is 44.7 Å². The molecule has 8 rings (SSSR count). The molecule has 1 unspecified atom stereocenters. The van der Waals surface area contributed by atoms with E-state index in [-0.39, 0.29) is 24.8 Å². The van der Waals surface area contributed by atoms with Crippen LogP contribution in [0, 0.1) is 10.5 Å². The van der Waals surface area contributed by atoms with Crippen LogP contribution in [-0.2, 0) is 9.59 Å². The number of nitrogens with one attached hydrogen (secondary N) is 2. The molecular weight excluding hydrogens is 725 g/mol. The summed E-state index contributed by atoms with van der Waals surface area (Å²) >= 11 is -0.736. The molecule has 2 N–H and O–H groups in total. The molecule has 0 saturated carbocycles. The average Bonchev–Trinajstić information content (AvgIpc) is 3.82. The van der Waals surface area contributed by atoms with E-state index >= 15 is 0 Å². The summed E-state index contributed by atoms with van der Waals surface area (Å²) in [5.74, 6) is -1.25. The van der Waals surface area contributed by atoms with E-state index in [9.17, 15) is 19.2 Å². The van der Waals surface area contributed by atoms with Crippen LogP contribution in [-0.4, -0.2) is 74.9 Å². The molecule has 4 amide bonds. The van der Waals surface area contributed by atoms with Crippen LogP contribution >= 0.6 is 0 Å². The van der Waals surface area contributed by atoms with E-state index in [1.807, 2.05) is 39.8 Å². The van der Waals surface area contributed by atoms with Gasteiger partial charge in [0, 0.05) is 5.56 Å². The van der Waals surface area contributed by atoms with Crippen LogP contribution in [0.2, 0.25) is 0 Å². The molecule has 3 aliphatic rings. The van der Waals surface area contributed by atoms with Crippen LogP contribution in [0.4, 0.5) is 11.5 Å². The van der Waals surface area contributed by atoms with Gasteiger partial charge in [-0.1, -0.05) is 23.8 Å². The number of anilines is 2. The fraction of sp³-hybridized carbons (Fsp3) is 0.265. The summed E-state index contributed by atoms with van der Waals surface area (Å²) in [5.41, 5.74) is 5.50. The van der Waals surface area contributed by atoms with Crippen molar-refractivity contribution in [2.24, 2.45) is 0 Å². The van der Waals surface area contributed by atoms with Crippen molar-refractivity contribution < 1.29 is 40.7 Å². The standard InChI is InChI=1S/C34H31IN9O4/c1-20-4-2-5-21(16-20)27-18-37-30(31-36-12-15-42(27)31)39-22-17-38-43(19-22)23-10-13-41(14-11-23)35-25-7-3-6-24-29(25)34(48)44(33(24)47)26-8-9-28(45)40-32(26)46/h2-7,12,15-19,23,26H,8-11,13-14H2,1H3,(H,37,39)(H,40,45,46)/q-1. The molecule has 2 saturated heterocycles. The van der Waals surface area contributed by atoms with Gasteiger partial charge in [-0.3, -0.25) is 0 Å². The Morgan fingerprint density at radius 1 is 0.958 bits per heavy atom. The molecule has 0 bridgehead atoms. The molecule has 244 valence electrons. The van der Waals surface area contributed by atoms with Crippen molar-refractivity contribution in [3.63, 3.8) is 0 Å². The molecule has 0 aliphatic carbocycles. The topological polar surface area (TPSA) is 147 Å². The summed E-state index contributed by atoms with van der Waals surface area (Å²) < 4.78 is 7.29. The van der Waals surface area contributed by atoms with Gasteiger partial charge in [0.2, 0.25) is 0 Å². The van der Waals surface area contributed by atoms with E-state index in [1.54, 1.807) is 24.5 Å². The number of piperidine rings is 2. The van der Waals surface area contributed by atoms with E-state index in [1.165, 1.54) is 5.56 Å². The van der Waals surface area contributed by atoms with Crippen molar-refractivity contribution >= 4 is 40.8 Å². The Morgan fingerprint density at radius 2 is 1.79 bits per heavy atom. The number of rotatable bonds is 7. The number of nitrogens with zero attached hydrogens (tertiary/aromatic N) is 7. The van der Waals surface area contributed by atoms with Crippen LogP contribution in [0.15, 0.2) is 73.4 Å². The molecule has 5 aromatic rings. The summed E-state index contributed by atoms with van der Waals surface area (Å²) in [7, 11) is 0. The van der Waals surface area contributed by atoms with E-state index < -0.39 is 45.2 Å². The Kier molecular flexibility index (Phi) is 7.75. The molecular formula is C34H31IN9O4-. The smallest absolute Gasteiger partial charge is 0.0499 e. The predicted molar refractivity (Wildman–Crippen MR) is 170 cm³/mol. The number of amides is 4. The second-order valence-corrected chi connectivity index (χ2v) is 15.2. The second-order valence-electron chi connectivity index (χ2n) is 12.2. The summed E-state index contributed by atoms with van der Waals surface area (Å²) in [6.07, 6.45) is 11.4. The first kappa shape index (κ1) is 30.4. The zero-order valence-corrected chi connectivity index (χ0v) is 28.1. The minimum absolute atomic E-state index is 0.0964. The quantitative estimate of drug-likeness (QED) is 0.138. The fourth-order valence-electron chi connectivity index (χ4n) is 6.62. The second kappa shape index (κ2) is 12.2. The number of halogens is 1. The van der Waals surface area contributed by atoms with Gasteiger partial charge in [0.05, 0.1) is 0 Å². The van der Waals surface area contributed by atoms with Gasteiger partial charge in [-0.25, -0.2) is 0 Å². The number of aryl methyl sites for hydroxylation is 1. The van der Waals surface area contributed by atoms with Crippen LogP contribution in [0.1, 0.15) is 58.0 Å². The van der Waals surface area contributed by atoms with E-state index in [2.05, 4.69) is 49.0 Å². The number of fused-ring (bicyclic) bond motifs is 2. The maximum atomic E-state index is 13.5. The van der Waals surface area contributed by atoms with Crippen LogP contribution < -0.4 is 32.1 Å². The molecule has 3 aromatic heterocycles. The van der Waals surface area contributed by atoms with Gasteiger partial charge in [-0.2, -0.15) is 0 Å². The Morgan fingerprint density at radius 3 is 2.60 bits per heavy atom. The van der Waals surface area contributed by atoms with Crippen LogP contribution in [0.25, 0.3) is 16.9 Å². The number of carbonyl (C=O) groups is 4. The molecule has 13 nitrogen and oxygen atoms in total. The Balaban J connectivity index is 0.923. The number of imidazole rings is 1. The minimum Gasteiger partial charge on any atom is -0.0499 e. The first-order chi connectivity index (χ1) is 23.3. The zero-order valence-electron chi connectivity index (χ0n) is 26.0. The van der Waals surface area contributed by atoms with Crippen molar-refractivity contribution in [2.75, 3.05) is 18.4 Å². The van der Waals surface area contributed by atoms with Gasteiger partial charge < -0.3 is 0 Å². The summed E-state index contributed by atoms with van der Waals surface area (Å²) in [5, 5.41) is 10.3. The summed E-state index contributed by atoms with van der Waals surface area (Å²) in [4.78, 5) is 61.2. The third-order valence-electron chi connectivity index (χ3n) is 9.02. The van der Waals surface area contributed by atoms with E-state index in [0.29, 0.717) is 16.9 Å². The summed E-state index contributed by atoms with van der Waals surface area (Å²) in [6, 6.07) is 12.9. The number of aromatic nitrogens is 5. The molecule has 3 aliphatic heterocycles. The van der Waals surface area contributed by atoms with Gasteiger partial charge in [0.15, 0.2) is 0 Å². The van der Waals surface area contributed by atoms with Gasteiger partial charge in [0.1, 0.15) is 0 Å². The maximum absolute atomic E-state index is 13.5. The van der Waals surface area contributed by atoms with E-state index in [0.717, 1.165) is 57.0 Å². The van der Waals surface area contributed by atoms with Gasteiger partial charge in [0.25, 0.3) is 0 Å². The molecule has 14 heteroatoms. The Bertz CT molecular complexity index is 2120. The number of benzene rings is 2. The zero-order chi connectivity index (χ0) is 32.9. The van der Waals surface area contributed by atoms with Gasteiger partial charge in [-0.15, -0.1) is 0 Å². The first-order valence-corrected chi connectivity index (χ1v) is 17.8. The van der Waals surface area contributed by atoms with Gasteiger partial charge >= 0.3 is 245 Å². The van der Waals surface area contributed by atoms with Crippen LogP contribution in [0.5, 0.6) is 0 Å². The third-order valence-corrected chi connectivity index (χ3v) is 12.1. The van der Waals surface area contributed by atoms with Crippen molar-refractivity contribution in [3.8, 4) is 11.3 Å². The number of hydrogen-bond donors (Lipinski definition) is 2. The van der Waals surface area contributed by atoms with Crippen molar-refractivity contribution in [1.82, 2.24) is 37.5 Å². The first-order valence-electron chi connectivity index (χ1n) is 15.8. The number of carbonyl (C=O) groups excluding carboxylic acids is 4. The van der Waals surface area contributed by atoms with Crippen molar-refractivity contribution in [3.05, 3.63) is 93.7 Å². The largest absolute Gasteiger partial charge is 0.0499 e. The molecule has 0 radical (unpaired) electrons. The Labute approximate surface area is 286 Å². The SMILES string of the molecule is Cc1cccc(-c2cnc(Nc3cnn(C4CCN([I-]c5cccc6c5C(=O)N(C5CCC(=O)NC5=O)C6=O)CC4)c3)c3nccn23)c1. The normalized spacial score (nSPS) is 18.9. The van der Waals surface area contributed by atoms with E-state index in [4.69, 9.17) is 4.98 Å². The molecule has 6 heterocycles. The number of imide groups is 2. The Hall–Kier alpha value is -4.96. The van der Waals surface area contributed by atoms with Crippen molar-refractivity contribution in [1.29, 1.82) is 0 Å². The third kappa shape index (κ3) is 5.43. The predicted octanol–water partition coefficient (Wildman–Crippen LogP) is 0.557.